The predicted octanol–water partition coefficient (Wildman–Crippen LogP) is 3.36. The quantitative estimate of drug-likeness (QED) is 0.692. The van der Waals surface area contributed by atoms with E-state index in [-0.39, 0.29) is 12.6 Å². The van der Waals surface area contributed by atoms with Gasteiger partial charge in [-0.05, 0) is 30.5 Å². The Morgan fingerprint density at radius 2 is 1.95 bits per heavy atom. The average Bonchev–Trinajstić information content (AvgIpc) is 2.99. The van der Waals surface area contributed by atoms with Crippen LogP contribution in [0, 0.1) is 6.92 Å². The molecule has 0 radical (unpaired) electrons. The van der Waals surface area contributed by atoms with Crippen LogP contribution in [0.4, 0.5) is 0 Å². The van der Waals surface area contributed by atoms with Gasteiger partial charge in [0.2, 0.25) is 0 Å². The monoisotopic (exact) mass is 284 g/mol. The Bertz CT molecular complexity index is 754. The predicted molar refractivity (Wildman–Crippen MR) is 77.7 cm³/mol. The first-order valence-corrected chi connectivity index (χ1v) is 7.10. The lowest BCUT2D eigenvalue weighted by Gasteiger charge is -2.07. The number of nitrogens with zero attached hydrogens (tertiary/aromatic N) is 2. The van der Waals surface area contributed by atoms with Gasteiger partial charge < -0.3 is 4.74 Å². The molecule has 100 valence electrons. The van der Waals surface area contributed by atoms with Crippen molar-refractivity contribution in [3.05, 3.63) is 58.0 Å². The standard InChI is InChI=1S/C15H12N2O2S/c1-10-14(8-19-15(18)11-6-7-20-9-11)17-13-5-3-2-4-12(13)16-10/h2-7,9H,8H2,1H3. The number of aryl methyl sites for hydroxylation is 1. The molecule has 5 heteroatoms. The first kappa shape index (κ1) is 12.7. The SMILES string of the molecule is Cc1nc2ccccc2nc1COC(=O)c1ccsc1. The molecule has 0 aliphatic heterocycles. The maximum atomic E-state index is 11.8. The number of rotatable bonds is 3. The molecule has 0 saturated heterocycles. The Balaban J connectivity index is 1.80. The molecule has 0 atom stereocenters. The van der Waals surface area contributed by atoms with Crippen LogP contribution in [-0.4, -0.2) is 15.9 Å². The normalized spacial score (nSPS) is 10.7. The van der Waals surface area contributed by atoms with E-state index in [1.165, 1.54) is 11.3 Å². The van der Waals surface area contributed by atoms with Crippen LogP contribution in [0.25, 0.3) is 11.0 Å². The van der Waals surface area contributed by atoms with E-state index in [1.54, 1.807) is 11.4 Å². The topological polar surface area (TPSA) is 52.1 Å². The molecule has 0 unspecified atom stereocenters. The molecule has 0 aliphatic carbocycles. The van der Waals surface area contributed by atoms with Crippen molar-refractivity contribution < 1.29 is 9.53 Å². The molecule has 0 fully saturated rings. The van der Waals surface area contributed by atoms with Gasteiger partial charge in [0.05, 0.1) is 28.0 Å². The summed E-state index contributed by atoms with van der Waals surface area (Å²) >= 11 is 1.47. The molecule has 3 rings (SSSR count). The maximum Gasteiger partial charge on any atom is 0.339 e. The van der Waals surface area contributed by atoms with Gasteiger partial charge in [0, 0.05) is 5.38 Å². The molecular weight excluding hydrogens is 272 g/mol. The molecule has 4 nitrogen and oxygen atoms in total. The fourth-order valence-corrected chi connectivity index (χ4v) is 2.48. The third-order valence-corrected chi connectivity index (χ3v) is 3.62. The Hall–Kier alpha value is -2.27. The third-order valence-electron chi connectivity index (χ3n) is 2.94. The van der Waals surface area contributed by atoms with Gasteiger partial charge >= 0.3 is 5.97 Å². The number of thiophene rings is 1. The zero-order valence-electron chi connectivity index (χ0n) is 10.9. The van der Waals surface area contributed by atoms with Crippen molar-refractivity contribution in [3.8, 4) is 0 Å². The molecule has 2 heterocycles. The highest BCUT2D eigenvalue weighted by Gasteiger charge is 2.10. The number of aromatic nitrogens is 2. The molecule has 2 aromatic heterocycles. The second kappa shape index (κ2) is 5.38. The lowest BCUT2D eigenvalue weighted by molar-refractivity contribution is 0.0467. The number of benzene rings is 1. The van der Waals surface area contributed by atoms with Gasteiger partial charge in [0.15, 0.2) is 0 Å². The first-order chi connectivity index (χ1) is 9.74. The number of carbonyl (C=O) groups excluding carboxylic acids is 1. The highest BCUT2D eigenvalue weighted by molar-refractivity contribution is 7.08. The van der Waals surface area contributed by atoms with E-state index in [1.807, 2.05) is 36.6 Å². The van der Waals surface area contributed by atoms with E-state index >= 15 is 0 Å². The molecule has 1 aromatic carbocycles. The van der Waals surface area contributed by atoms with Gasteiger partial charge in [0.25, 0.3) is 0 Å². The van der Waals surface area contributed by atoms with Crippen LogP contribution in [0.1, 0.15) is 21.7 Å². The fourth-order valence-electron chi connectivity index (χ4n) is 1.86. The number of carbonyl (C=O) groups is 1. The highest BCUT2D eigenvalue weighted by atomic mass is 32.1. The maximum absolute atomic E-state index is 11.8. The van der Waals surface area contributed by atoms with Crippen molar-refractivity contribution in [1.29, 1.82) is 0 Å². The second-order valence-electron chi connectivity index (χ2n) is 4.33. The van der Waals surface area contributed by atoms with Gasteiger partial charge in [0.1, 0.15) is 6.61 Å². The summed E-state index contributed by atoms with van der Waals surface area (Å²) in [5.41, 5.74) is 3.69. The van der Waals surface area contributed by atoms with E-state index in [2.05, 4.69) is 9.97 Å². The molecular formula is C15H12N2O2S. The minimum Gasteiger partial charge on any atom is -0.455 e. The molecule has 0 saturated carbocycles. The van der Waals surface area contributed by atoms with Crippen LogP contribution in [0.5, 0.6) is 0 Å². The van der Waals surface area contributed by atoms with Crippen LogP contribution >= 0.6 is 11.3 Å². The van der Waals surface area contributed by atoms with Crippen LogP contribution < -0.4 is 0 Å². The summed E-state index contributed by atoms with van der Waals surface area (Å²) in [4.78, 5) is 20.7. The van der Waals surface area contributed by atoms with Crippen molar-refractivity contribution in [2.75, 3.05) is 0 Å². The Labute approximate surface area is 120 Å². The number of esters is 1. The van der Waals surface area contributed by atoms with E-state index in [0.717, 1.165) is 16.7 Å². The Morgan fingerprint density at radius 3 is 2.65 bits per heavy atom. The number of hydrogen-bond acceptors (Lipinski definition) is 5. The van der Waals surface area contributed by atoms with E-state index in [4.69, 9.17) is 4.74 Å². The summed E-state index contributed by atoms with van der Waals surface area (Å²) in [6.07, 6.45) is 0. The van der Waals surface area contributed by atoms with Crippen molar-refractivity contribution in [1.82, 2.24) is 9.97 Å². The van der Waals surface area contributed by atoms with Gasteiger partial charge in [-0.15, -0.1) is 0 Å². The summed E-state index contributed by atoms with van der Waals surface area (Å²) < 4.78 is 5.27. The second-order valence-corrected chi connectivity index (χ2v) is 5.11. The van der Waals surface area contributed by atoms with Gasteiger partial charge in [-0.25, -0.2) is 14.8 Å². The molecule has 0 spiro atoms. The summed E-state index contributed by atoms with van der Waals surface area (Å²) in [6, 6.07) is 9.38. The average molecular weight is 284 g/mol. The molecule has 0 bridgehead atoms. The zero-order chi connectivity index (χ0) is 13.9. The molecule has 3 aromatic rings. The number of hydrogen-bond donors (Lipinski definition) is 0. The Kier molecular flexibility index (Phi) is 3.43. The van der Waals surface area contributed by atoms with Gasteiger partial charge in [-0.1, -0.05) is 12.1 Å². The molecule has 0 N–H and O–H groups in total. The van der Waals surface area contributed by atoms with Gasteiger partial charge in [-0.2, -0.15) is 11.3 Å². The smallest absolute Gasteiger partial charge is 0.339 e. The number of para-hydroxylation sites is 2. The largest absolute Gasteiger partial charge is 0.455 e. The van der Waals surface area contributed by atoms with Crippen LogP contribution in [-0.2, 0) is 11.3 Å². The summed E-state index contributed by atoms with van der Waals surface area (Å²) in [5.74, 6) is -0.333. The minimum absolute atomic E-state index is 0.137. The van der Waals surface area contributed by atoms with Crippen molar-refractivity contribution in [3.63, 3.8) is 0 Å². The molecule has 20 heavy (non-hydrogen) atoms. The van der Waals surface area contributed by atoms with E-state index in [0.29, 0.717) is 11.3 Å². The zero-order valence-corrected chi connectivity index (χ0v) is 11.7. The highest BCUT2D eigenvalue weighted by Crippen LogP contribution is 2.14. The minimum atomic E-state index is -0.333. The Morgan fingerprint density at radius 1 is 1.20 bits per heavy atom. The third kappa shape index (κ3) is 2.53. The molecule has 0 aliphatic rings. The summed E-state index contributed by atoms with van der Waals surface area (Å²) in [5, 5.41) is 3.61. The van der Waals surface area contributed by atoms with Crippen molar-refractivity contribution >= 4 is 28.3 Å². The first-order valence-electron chi connectivity index (χ1n) is 6.15. The van der Waals surface area contributed by atoms with Crippen LogP contribution in [0.3, 0.4) is 0 Å². The van der Waals surface area contributed by atoms with E-state index < -0.39 is 0 Å². The number of ether oxygens (including phenoxy) is 1. The fraction of sp³-hybridized carbons (Fsp3) is 0.133. The van der Waals surface area contributed by atoms with Crippen molar-refractivity contribution in [2.24, 2.45) is 0 Å². The van der Waals surface area contributed by atoms with Crippen LogP contribution in [0.2, 0.25) is 0 Å². The van der Waals surface area contributed by atoms with Crippen molar-refractivity contribution in [2.45, 2.75) is 13.5 Å². The van der Waals surface area contributed by atoms with Crippen LogP contribution in [0.15, 0.2) is 41.1 Å². The van der Waals surface area contributed by atoms with Gasteiger partial charge in [-0.3, -0.25) is 0 Å². The summed E-state index contributed by atoms with van der Waals surface area (Å²) in [7, 11) is 0. The molecule has 0 amide bonds. The van der Waals surface area contributed by atoms with E-state index in [9.17, 15) is 4.79 Å². The number of fused-ring (bicyclic) bond motifs is 1. The lowest BCUT2D eigenvalue weighted by atomic mass is 10.2. The lowest BCUT2D eigenvalue weighted by Crippen LogP contribution is -2.07. The summed E-state index contributed by atoms with van der Waals surface area (Å²) in [6.45, 7) is 2.01.